The van der Waals surface area contributed by atoms with Crippen molar-refractivity contribution in [1.29, 1.82) is 0 Å². The maximum atomic E-state index is 10.6. The first-order chi connectivity index (χ1) is 9.05. The SMILES string of the molecule is O=NCC(O)(Cn1cncn1)c1ccc(Cl)cc1Cl. The van der Waals surface area contributed by atoms with Crippen LogP contribution in [0.4, 0.5) is 0 Å². The third-order valence-corrected chi connectivity index (χ3v) is 3.20. The zero-order chi connectivity index (χ0) is 13.9. The molecular weight excluding hydrogens is 291 g/mol. The van der Waals surface area contributed by atoms with Gasteiger partial charge in [-0.2, -0.15) is 10.0 Å². The van der Waals surface area contributed by atoms with Gasteiger partial charge in [-0.1, -0.05) is 34.4 Å². The number of aliphatic hydroxyl groups is 1. The van der Waals surface area contributed by atoms with Crippen LogP contribution in [0, 0.1) is 4.91 Å². The molecule has 1 atom stereocenters. The molecule has 6 nitrogen and oxygen atoms in total. The van der Waals surface area contributed by atoms with Crippen molar-refractivity contribution in [1.82, 2.24) is 14.8 Å². The number of halogens is 2. The van der Waals surface area contributed by atoms with E-state index in [0.29, 0.717) is 10.6 Å². The summed E-state index contributed by atoms with van der Waals surface area (Å²) < 4.78 is 1.40. The molecule has 1 N–H and O–H groups in total. The van der Waals surface area contributed by atoms with Gasteiger partial charge < -0.3 is 5.11 Å². The predicted molar refractivity (Wildman–Crippen MR) is 71.0 cm³/mol. The maximum absolute atomic E-state index is 10.6. The third kappa shape index (κ3) is 3.09. The monoisotopic (exact) mass is 300 g/mol. The number of benzene rings is 1. The minimum absolute atomic E-state index is 0.0140. The first-order valence-electron chi connectivity index (χ1n) is 5.34. The Morgan fingerprint density at radius 1 is 1.42 bits per heavy atom. The first-order valence-corrected chi connectivity index (χ1v) is 6.10. The van der Waals surface area contributed by atoms with Crippen molar-refractivity contribution in [3.8, 4) is 0 Å². The Morgan fingerprint density at radius 3 is 2.79 bits per heavy atom. The zero-order valence-corrected chi connectivity index (χ0v) is 11.2. The van der Waals surface area contributed by atoms with Crippen LogP contribution in [0.2, 0.25) is 10.0 Å². The second-order valence-electron chi connectivity index (χ2n) is 4.04. The normalized spacial score (nSPS) is 14.1. The molecule has 0 fully saturated rings. The molecule has 19 heavy (non-hydrogen) atoms. The minimum Gasteiger partial charge on any atom is -0.381 e. The van der Waals surface area contributed by atoms with Crippen LogP contribution >= 0.6 is 23.2 Å². The van der Waals surface area contributed by atoms with E-state index in [1.54, 1.807) is 12.1 Å². The van der Waals surface area contributed by atoms with Crippen LogP contribution in [0.25, 0.3) is 0 Å². The average molecular weight is 301 g/mol. The summed E-state index contributed by atoms with van der Waals surface area (Å²) in [7, 11) is 0. The zero-order valence-electron chi connectivity index (χ0n) is 9.70. The van der Waals surface area contributed by atoms with Gasteiger partial charge in [0.25, 0.3) is 0 Å². The third-order valence-electron chi connectivity index (χ3n) is 2.65. The molecule has 0 saturated heterocycles. The number of nitrogens with zero attached hydrogens (tertiary/aromatic N) is 4. The fourth-order valence-corrected chi connectivity index (χ4v) is 2.36. The lowest BCUT2D eigenvalue weighted by atomic mass is 9.94. The molecule has 1 aromatic heterocycles. The van der Waals surface area contributed by atoms with Crippen LogP contribution < -0.4 is 0 Å². The molecule has 100 valence electrons. The van der Waals surface area contributed by atoms with E-state index in [4.69, 9.17) is 23.2 Å². The summed E-state index contributed by atoms with van der Waals surface area (Å²) in [4.78, 5) is 14.4. The molecule has 0 aliphatic heterocycles. The molecular formula is C11H10Cl2N4O2. The van der Waals surface area contributed by atoms with E-state index in [0.717, 1.165) is 0 Å². The van der Waals surface area contributed by atoms with E-state index >= 15 is 0 Å². The van der Waals surface area contributed by atoms with Crippen molar-refractivity contribution in [3.05, 3.63) is 51.4 Å². The van der Waals surface area contributed by atoms with E-state index in [9.17, 15) is 10.0 Å². The largest absolute Gasteiger partial charge is 0.381 e. The molecule has 0 radical (unpaired) electrons. The second kappa shape index (κ2) is 5.64. The molecule has 0 amide bonds. The van der Waals surface area contributed by atoms with Crippen molar-refractivity contribution >= 4 is 23.2 Å². The lowest BCUT2D eigenvalue weighted by Crippen LogP contribution is -2.35. The maximum Gasteiger partial charge on any atom is 0.137 e. The Bertz CT molecular complexity index is 576. The highest BCUT2D eigenvalue weighted by atomic mass is 35.5. The van der Waals surface area contributed by atoms with Crippen LogP contribution in [-0.4, -0.2) is 26.4 Å². The van der Waals surface area contributed by atoms with E-state index in [2.05, 4.69) is 15.3 Å². The van der Waals surface area contributed by atoms with E-state index in [-0.39, 0.29) is 18.1 Å². The number of aromatic nitrogens is 3. The molecule has 1 heterocycles. The summed E-state index contributed by atoms with van der Waals surface area (Å²) in [5.74, 6) is 0. The first kappa shape index (κ1) is 13.9. The number of rotatable bonds is 5. The molecule has 0 saturated carbocycles. The predicted octanol–water partition coefficient (Wildman–Crippen LogP) is 2.24. The number of nitroso groups, excluding NO2 is 1. The van der Waals surface area contributed by atoms with Crippen LogP contribution in [0.5, 0.6) is 0 Å². The smallest absolute Gasteiger partial charge is 0.137 e. The molecule has 0 spiro atoms. The fourth-order valence-electron chi connectivity index (χ4n) is 1.78. The van der Waals surface area contributed by atoms with Crippen molar-refractivity contribution < 1.29 is 5.11 Å². The van der Waals surface area contributed by atoms with Gasteiger partial charge in [0.15, 0.2) is 0 Å². The summed E-state index contributed by atoms with van der Waals surface area (Å²) in [6.45, 7) is -0.339. The fraction of sp³-hybridized carbons (Fsp3) is 0.273. The topological polar surface area (TPSA) is 80.4 Å². The summed E-state index contributed by atoms with van der Waals surface area (Å²) in [5.41, 5.74) is -1.19. The second-order valence-corrected chi connectivity index (χ2v) is 4.88. The van der Waals surface area contributed by atoms with Gasteiger partial charge in [0, 0.05) is 15.6 Å². The van der Waals surface area contributed by atoms with Gasteiger partial charge in [-0.05, 0) is 12.1 Å². The standard InChI is InChI=1S/C11H10Cl2N4O2/c12-8-1-2-9(10(13)3-8)11(18,4-16-19)5-17-7-14-6-15-17/h1-3,6-7,18H,4-5H2. The summed E-state index contributed by atoms with van der Waals surface area (Å²) in [6.07, 6.45) is 2.76. The van der Waals surface area contributed by atoms with Crippen molar-refractivity contribution in [3.63, 3.8) is 0 Å². The summed E-state index contributed by atoms with van der Waals surface area (Å²) >= 11 is 11.9. The Kier molecular flexibility index (Phi) is 4.14. The molecule has 1 aromatic carbocycles. The van der Waals surface area contributed by atoms with E-state index < -0.39 is 5.60 Å². The highest BCUT2D eigenvalue weighted by Gasteiger charge is 2.33. The van der Waals surface area contributed by atoms with Crippen molar-refractivity contribution in [2.75, 3.05) is 6.54 Å². The minimum atomic E-state index is -1.56. The molecule has 0 bridgehead atoms. The van der Waals surface area contributed by atoms with Crippen molar-refractivity contribution in [2.45, 2.75) is 12.1 Å². The molecule has 1 unspecified atom stereocenters. The van der Waals surface area contributed by atoms with Gasteiger partial charge in [-0.25, -0.2) is 9.67 Å². The van der Waals surface area contributed by atoms with Gasteiger partial charge in [0.1, 0.15) is 24.8 Å². The molecule has 2 aromatic rings. The van der Waals surface area contributed by atoms with Gasteiger partial charge >= 0.3 is 0 Å². The van der Waals surface area contributed by atoms with Crippen molar-refractivity contribution in [2.24, 2.45) is 5.18 Å². The summed E-state index contributed by atoms with van der Waals surface area (Å²) in [5, 5.41) is 18.0. The highest BCUT2D eigenvalue weighted by molar-refractivity contribution is 6.35. The van der Waals surface area contributed by atoms with Gasteiger partial charge in [-0.3, -0.25) is 0 Å². The van der Waals surface area contributed by atoms with Crippen LogP contribution in [0.15, 0.2) is 36.0 Å². The Labute approximate surface area is 119 Å². The van der Waals surface area contributed by atoms with Gasteiger partial charge in [0.05, 0.1) is 6.54 Å². The van der Waals surface area contributed by atoms with Crippen LogP contribution in [0.1, 0.15) is 5.56 Å². The average Bonchev–Trinajstić information content (AvgIpc) is 2.81. The highest BCUT2D eigenvalue weighted by Crippen LogP contribution is 2.32. The summed E-state index contributed by atoms with van der Waals surface area (Å²) in [6, 6.07) is 4.64. The molecule has 0 aliphatic carbocycles. The number of hydrogen-bond acceptors (Lipinski definition) is 5. The lowest BCUT2D eigenvalue weighted by molar-refractivity contribution is 0.0242. The number of hydrogen-bond donors (Lipinski definition) is 1. The molecule has 8 heteroatoms. The lowest BCUT2D eigenvalue weighted by Gasteiger charge is -2.26. The molecule has 2 rings (SSSR count). The van der Waals surface area contributed by atoms with Crippen LogP contribution in [-0.2, 0) is 12.1 Å². The Balaban J connectivity index is 2.40. The molecule has 0 aliphatic rings. The van der Waals surface area contributed by atoms with Gasteiger partial charge in [-0.15, -0.1) is 0 Å². The van der Waals surface area contributed by atoms with Gasteiger partial charge in [0.2, 0.25) is 0 Å². The van der Waals surface area contributed by atoms with E-state index in [1.165, 1.54) is 23.4 Å². The van der Waals surface area contributed by atoms with Crippen LogP contribution in [0.3, 0.4) is 0 Å². The quantitative estimate of drug-likeness (QED) is 0.859. The Morgan fingerprint density at radius 2 is 2.21 bits per heavy atom. The van der Waals surface area contributed by atoms with E-state index in [1.807, 2.05) is 0 Å². The Hall–Kier alpha value is -1.50.